The second-order valence-corrected chi connectivity index (χ2v) is 10.2. The molecule has 0 fully saturated rings. The fourth-order valence-corrected chi connectivity index (χ4v) is 4.69. The van der Waals surface area contributed by atoms with Gasteiger partial charge < -0.3 is 20.4 Å². The van der Waals surface area contributed by atoms with Crippen LogP contribution in [0.15, 0.2) is 46.2 Å². The Balaban J connectivity index is 0.00000684. The molecule has 0 amide bonds. The fraction of sp³-hybridized carbons (Fsp3) is 0.200. The molecule has 37 heavy (non-hydrogen) atoms. The number of benzene rings is 2. The van der Waals surface area contributed by atoms with Crippen LogP contribution in [0.4, 0.5) is 0 Å². The Bertz CT molecular complexity index is 1260. The summed E-state index contributed by atoms with van der Waals surface area (Å²) in [5.74, 6) is -6.23. The van der Waals surface area contributed by atoms with Crippen molar-refractivity contribution in [3.63, 3.8) is 0 Å². The molecule has 0 spiro atoms. The van der Waals surface area contributed by atoms with Crippen LogP contribution in [-0.2, 0) is 28.6 Å². The number of carbonyl (C=O) groups is 4. The van der Waals surface area contributed by atoms with Crippen molar-refractivity contribution in [3.8, 4) is 0 Å². The van der Waals surface area contributed by atoms with Crippen molar-refractivity contribution in [3.05, 3.63) is 58.7 Å². The molecule has 0 atom stereocenters. The molecule has 14 nitrogen and oxygen atoms in total. The van der Waals surface area contributed by atoms with Crippen LogP contribution in [0.1, 0.15) is 54.3 Å². The molecule has 2 rings (SSSR count). The molecule has 0 aliphatic heterocycles. The zero-order valence-electron chi connectivity index (χ0n) is 18.0. The van der Waals surface area contributed by atoms with Gasteiger partial charge in [0.15, 0.2) is 0 Å². The number of hydrogen-bond donors (Lipinski definition) is 4. The summed E-state index contributed by atoms with van der Waals surface area (Å²) in [4.78, 5) is 43.1. The Morgan fingerprint density at radius 2 is 0.784 bits per heavy atom. The number of aromatic carboxylic acids is 4. The van der Waals surface area contributed by atoms with Crippen molar-refractivity contribution in [2.24, 2.45) is 0 Å². The van der Waals surface area contributed by atoms with Crippen LogP contribution in [0, 0.1) is 0 Å². The quantitative estimate of drug-likeness (QED) is 0.148. The molecule has 0 heterocycles. The Morgan fingerprint density at radius 3 is 1.00 bits per heavy atom. The number of hydrogen-bond acceptors (Lipinski definition) is 10. The van der Waals surface area contributed by atoms with Crippen molar-refractivity contribution in [1.29, 1.82) is 0 Å². The third kappa shape index (κ3) is 8.89. The van der Waals surface area contributed by atoms with Crippen LogP contribution in [0.5, 0.6) is 0 Å². The SMILES string of the molecule is O=C(O)c1cc(C(=O)O)cc(S(=O)(=O)OCCCCOS(=O)(=O)c2cc(C(=O)O)cc(C(=O)O)c2)c1.[NaH]. The van der Waals surface area contributed by atoms with Gasteiger partial charge in [-0.3, -0.25) is 8.37 Å². The molecular weight excluding hydrogens is 551 g/mol. The van der Waals surface area contributed by atoms with Gasteiger partial charge in [-0.1, -0.05) is 0 Å². The van der Waals surface area contributed by atoms with Crippen molar-refractivity contribution in [2.45, 2.75) is 22.6 Å². The Hall–Kier alpha value is -2.86. The molecule has 0 bridgehead atoms. The van der Waals surface area contributed by atoms with E-state index >= 15 is 0 Å². The Labute approximate surface area is 232 Å². The van der Waals surface area contributed by atoms with Gasteiger partial charge in [-0.25, -0.2) is 19.2 Å². The molecule has 2 aromatic rings. The summed E-state index contributed by atoms with van der Waals surface area (Å²) in [5, 5.41) is 36.1. The number of carboxylic acids is 4. The van der Waals surface area contributed by atoms with Gasteiger partial charge in [-0.2, -0.15) is 16.8 Å². The maximum absolute atomic E-state index is 12.3. The van der Waals surface area contributed by atoms with Crippen LogP contribution in [0.25, 0.3) is 0 Å². The first-order valence-corrected chi connectivity index (χ1v) is 12.5. The zero-order valence-corrected chi connectivity index (χ0v) is 19.6. The van der Waals surface area contributed by atoms with E-state index in [4.69, 9.17) is 28.8 Å². The summed E-state index contributed by atoms with van der Waals surface area (Å²) in [6, 6.07) is 4.42. The standard InChI is InChI=1S/C20H18O14S2.Na.H/c21-17(22)11-5-12(18(23)24)8-15(7-11)35(29,30)33-3-1-2-4-34-36(31,32)16-9-13(19(25)26)6-14(10-16)20(27)28;;/h5-10H,1-4H2,(H,21,22)(H,23,24)(H,25,26)(H,27,28);;. The maximum atomic E-state index is 12.3. The summed E-state index contributed by atoms with van der Waals surface area (Å²) in [6.07, 6.45) is -0.149. The number of unbranched alkanes of at least 4 members (excludes halogenated alkanes) is 1. The van der Waals surface area contributed by atoms with Crippen molar-refractivity contribution in [2.75, 3.05) is 13.2 Å². The van der Waals surface area contributed by atoms with Gasteiger partial charge in [0.25, 0.3) is 20.2 Å². The van der Waals surface area contributed by atoms with E-state index in [0.717, 1.165) is 36.4 Å². The molecule has 0 aromatic heterocycles. The molecule has 17 heteroatoms. The average molecular weight is 570 g/mol. The summed E-state index contributed by atoms with van der Waals surface area (Å²) in [5.41, 5.74) is -2.36. The normalized spacial score (nSPS) is 11.4. The summed E-state index contributed by atoms with van der Waals surface area (Å²) >= 11 is 0. The molecule has 0 saturated carbocycles. The summed E-state index contributed by atoms with van der Waals surface area (Å²) in [7, 11) is -9.11. The average Bonchev–Trinajstić information content (AvgIpc) is 2.80. The predicted octanol–water partition coefficient (Wildman–Crippen LogP) is 0.722. The van der Waals surface area contributed by atoms with Crippen LogP contribution in [0.3, 0.4) is 0 Å². The molecule has 0 saturated heterocycles. The van der Waals surface area contributed by atoms with Crippen LogP contribution in [-0.4, -0.2) is 104 Å². The molecular formula is C20H19NaO14S2. The van der Waals surface area contributed by atoms with E-state index in [1.165, 1.54) is 0 Å². The Morgan fingerprint density at radius 1 is 0.541 bits per heavy atom. The van der Waals surface area contributed by atoms with Crippen molar-refractivity contribution in [1.82, 2.24) is 0 Å². The molecule has 0 aliphatic carbocycles. The predicted molar refractivity (Wildman–Crippen MR) is 123 cm³/mol. The van der Waals surface area contributed by atoms with Crippen molar-refractivity contribution >= 4 is 73.7 Å². The molecule has 196 valence electrons. The first-order valence-electron chi connectivity index (χ1n) is 9.66. The van der Waals surface area contributed by atoms with Crippen molar-refractivity contribution < 1.29 is 64.8 Å². The molecule has 0 radical (unpaired) electrons. The first kappa shape index (κ1) is 32.2. The van der Waals surface area contributed by atoms with Gasteiger partial charge in [-0.05, 0) is 49.2 Å². The van der Waals surface area contributed by atoms with Crippen LogP contribution >= 0.6 is 0 Å². The summed E-state index contributed by atoms with van der Waals surface area (Å²) < 4.78 is 58.7. The minimum atomic E-state index is -4.55. The van der Waals surface area contributed by atoms with E-state index in [-0.39, 0.29) is 42.4 Å². The Kier molecular flexibility index (Phi) is 11.4. The van der Waals surface area contributed by atoms with Crippen LogP contribution < -0.4 is 0 Å². The first-order chi connectivity index (χ1) is 16.6. The van der Waals surface area contributed by atoms with Gasteiger partial charge in [-0.15, -0.1) is 0 Å². The number of carboxylic acid groups (broad SMARTS) is 4. The van der Waals surface area contributed by atoms with Gasteiger partial charge in [0, 0.05) is 0 Å². The second kappa shape index (κ2) is 13.1. The molecule has 2 aromatic carbocycles. The molecule has 0 unspecified atom stereocenters. The van der Waals surface area contributed by atoms with E-state index in [9.17, 15) is 36.0 Å². The van der Waals surface area contributed by atoms with E-state index in [0.29, 0.717) is 0 Å². The second-order valence-electron chi connectivity index (χ2n) is 6.97. The summed E-state index contributed by atoms with van der Waals surface area (Å²) in [6.45, 7) is -0.994. The number of rotatable bonds is 13. The third-order valence-electron chi connectivity index (χ3n) is 4.39. The monoisotopic (exact) mass is 570 g/mol. The van der Waals surface area contributed by atoms with Gasteiger partial charge in [0.2, 0.25) is 0 Å². The minimum absolute atomic E-state index is 0. The topological polar surface area (TPSA) is 236 Å². The zero-order chi connectivity index (χ0) is 27.3. The molecule has 4 N–H and O–H groups in total. The van der Waals surface area contributed by atoms with Gasteiger partial charge >= 0.3 is 53.4 Å². The van der Waals surface area contributed by atoms with E-state index in [1.54, 1.807) is 0 Å². The van der Waals surface area contributed by atoms with Gasteiger partial charge in [0.05, 0.1) is 45.3 Å². The molecule has 0 aliphatic rings. The van der Waals surface area contributed by atoms with Gasteiger partial charge in [0.1, 0.15) is 0 Å². The van der Waals surface area contributed by atoms with E-state index < -0.39 is 89.4 Å². The fourth-order valence-electron chi connectivity index (χ4n) is 2.66. The van der Waals surface area contributed by atoms with E-state index in [1.807, 2.05) is 0 Å². The third-order valence-corrected chi connectivity index (χ3v) is 6.97. The van der Waals surface area contributed by atoms with Crippen LogP contribution in [0.2, 0.25) is 0 Å². The van der Waals surface area contributed by atoms with E-state index in [2.05, 4.69) is 0 Å².